The van der Waals surface area contributed by atoms with E-state index in [4.69, 9.17) is 4.74 Å². The van der Waals surface area contributed by atoms with Crippen molar-refractivity contribution >= 4 is 17.3 Å². The van der Waals surface area contributed by atoms with Crippen LogP contribution in [0.4, 0.5) is 5.69 Å². The Labute approximate surface area is 142 Å². The number of amides is 1. The van der Waals surface area contributed by atoms with E-state index in [1.165, 1.54) is 17.9 Å². The Hall–Kier alpha value is -2.69. The third-order valence-corrected chi connectivity index (χ3v) is 3.87. The minimum absolute atomic E-state index is 0.0366. The lowest BCUT2D eigenvalue weighted by Gasteiger charge is -2.12. The first-order chi connectivity index (χ1) is 11.8. The van der Waals surface area contributed by atoms with E-state index >= 15 is 0 Å². The summed E-state index contributed by atoms with van der Waals surface area (Å²) in [5.74, 6) is 0.781. The fourth-order valence-electron chi connectivity index (χ4n) is 2.55. The predicted molar refractivity (Wildman–Crippen MR) is 94.3 cm³/mol. The predicted octanol–water partition coefficient (Wildman–Crippen LogP) is 3.79. The molecule has 3 rings (SSSR count). The van der Waals surface area contributed by atoms with Crippen LogP contribution < -0.4 is 9.75 Å². The smallest absolute Gasteiger partial charge is 0.253 e. The molecule has 0 N–H and O–H groups in total. The third kappa shape index (κ3) is 3.79. The summed E-state index contributed by atoms with van der Waals surface area (Å²) in [6.45, 7) is 2.89. The number of hydrogen-bond donors (Lipinski definition) is 0. The van der Waals surface area contributed by atoms with Crippen molar-refractivity contribution in [3.8, 4) is 5.75 Å². The van der Waals surface area contributed by atoms with E-state index in [9.17, 15) is 4.79 Å². The molecule has 5 nitrogen and oxygen atoms in total. The van der Waals surface area contributed by atoms with Crippen molar-refractivity contribution in [2.75, 3.05) is 11.6 Å². The quantitative estimate of drug-likeness (QED) is 0.728. The molecule has 0 aliphatic carbocycles. The second-order valence-electron chi connectivity index (χ2n) is 5.72. The van der Waals surface area contributed by atoms with Crippen LogP contribution in [0.25, 0.3) is 0 Å². The second kappa shape index (κ2) is 7.73. The highest BCUT2D eigenvalue weighted by atomic mass is 16.5. The normalized spacial score (nSPS) is 14.0. The van der Waals surface area contributed by atoms with E-state index in [0.29, 0.717) is 6.42 Å². The first kappa shape index (κ1) is 16.2. The van der Waals surface area contributed by atoms with Crippen molar-refractivity contribution in [1.82, 2.24) is 4.98 Å². The topological polar surface area (TPSA) is 54.8 Å². The molecule has 24 heavy (non-hydrogen) atoms. The number of pyridine rings is 1. The van der Waals surface area contributed by atoms with Gasteiger partial charge < -0.3 is 4.74 Å². The highest BCUT2D eigenvalue weighted by molar-refractivity contribution is 6.19. The average Bonchev–Trinajstić information content (AvgIpc) is 3.02. The Morgan fingerprint density at radius 2 is 2.00 bits per heavy atom. The number of hydrogen-bond acceptors (Lipinski definition) is 4. The number of hydrazone groups is 1. The number of nitrogens with zero attached hydrogens (tertiary/aromatic N) is 3. The molecule has 0 radical (unpaired) electrons. The fourth-order valence-corrected chi connectivity index (χ4v) is 2.55. The van der Waals surface area contributed by atoms with Gasteiger partial charge in [-0.1, -0.05) is 19.8 Å². The molecule has 2 aromatic rings. The SMILES string of the molecule is CCCCCOc1ccc(N2N=C(c3cccnc3)CC2=O)cc1. The molecule has 1 aromatic carbocycles. The molecule has 0 atom stereocenters. The molecule has 5 heteroatoms. The van der Waals surface area contributed by atoms with Crippen LogP contribution in [0.15, 0.2) is 53.9 Å². The molecule has 0 spiro atoms. The molecule has 0 saturated heterocycles. The summed E-state index contributed by atoms with van der Waals surface area (Å²) in [7, 11) is 0. The average molecular weight is 323 g/mol. The number of aromatic nitrogens is 1. The lowest BCUT2D eigenvalue weighted by molar-refractivity contribution is -0.116. The summed E-state index contributed by atoms with van der Waals surface area (Å²) < 4.78 is 5.70. The number of rotatable bonds is 7. The van der Waals surface area contributed by atoms with Gasteiger partial charge in [-0.3, -0.25) is 9.78 Å². The van der Waals surface area contributed by atoms with Gasteiger partial charge in [0.2, 0.25) is 0 Å². The summed E-state index contributed by atoms with van der Waals surface area (Å²) >= 11 is 0. The number of carbonyl (C=O) groups is 1. The van der Waals surface area contributed by atoms with E-state index in [1.807, 2.05) is 36.4 Å². The summed E-state index contributed by atoms with van der Waals surface area (Å²) in [6, 6.07) is 11.2. The van der Waals surface area contributed by atoms with Gasteiger partial charge in [-0.2, -0.15) is 5.10 Å². The van der Waals surface area contributed by atoms with Crippen LogP contribution >= 0.6 is 0 Å². The maximum atomic E-state index is 12.2. The van der Waals surface area contributed by atoms with Crippen molar-refractivity contribution in [2.45, 2.75) is 32.6 Å². The van der Waals surface area contributed by atoms with Crippen molar-refractivity contribution in [3.05, 3.63) is 54.4 Å². The van der Waals surface area contributed by atoms with E-state index in [-0.39, 0.29) is 5.91 Å². The summed E-state index contributed by atoms with van der Waals surface area (Å²) in [6.07, 6.45) is 7.13. The van der Waals surface area contributed by atoms with Gasteiger partial charge in [0.05, 0.1) is 24.4 Å². The lowest BCUT2D eigenvalue weighted by atomic mass is 10.1. The number of benzene rings is 1. The van der Waals surface area contributed by atoms with Gasteiger partial charge in [0, 0.05) is 18.0 Å². The van der Waals surface area contributed by atoms with Crippen LogP contribution in [-0.2, 0) is 4.79 Å². The van der Waals surface area contributed by atoms with Gasteiger partial charge in [0.25, 0.3) is 5.91 Å². The largest absolute Gasteiger partial charge is 0.494 e. The minimum atomic E-state index is -0.0366. The van der Waals surface area contributed by atoms with Crippen LogP contribution in [0.3, 0.4) is 0 Å². The summed E-state index contributed by atoms with van der Waals surface area (Å²) in [5.41, 5.74) is 2.37. The highest BCUT2D eigenvalue weighted by Crippen LogP contribution is 2.25. The molecule has 2 heterocycles. The highest BCUT2D eigenvalue weighted by Gasteiger charge is 2.26. The molecule has 0 unspecified atom stereocenters. The standard InChI is InChI=1S/C19H21N3O2/c1-2-3-4-12-24-17-9-7-16(8-10-17)22-19(23)13-18(21-22)15-6-5-11-20-14-15/h5-11,14H,2-4,12-13H2,1H3. The molecule has 1 aliphatic heterocycles. The van der Waals surface area contributed by atoms with Gasteiger partial charge in [-0.05, 0) is 42.8 Å². The molecule has 0 saturated carbocycles. The van der Waals surface area contributed by atoms with Crippen molar-refractivity contribution < 1.29 is 9.53 Å². The number of anilines is 1. The Balaban J connectivity index is 1.67. The van der Waals surface area contributed by atoms with Gasteiger partial charge in [0.1, 0.15) is 5.75 Å². The van der Waals surface area contributed by atoms with Crippen molar-refractivity contribution in [2.24, 2.45) is 5.10 Å². The van der Waals surface area contributed by atoms with Gasteiger partial charge >= 0.3 is 0 Å². The third-order valence-electron chi connectivity index (χ3n) is 3.87. The van der Waals surface area contributed by atoms with Gasteiger partial charge in [0.15, 0.2) is 0 Å². The number of ether oxygens (including phenoxy) is 1. The lowest BCUT2D eigenvalue weighted by Crippen LogP contribution is -2.19. The van der Waals surface area contributed by atoms with Gasteiger partial charge in [-0.15, -0.1) is 0 Å². The Bertz CT molecular complexity index is 711. The van der Waals surface area contributed by atoms with E-state index in [1.54, 1.807) is 12.4 Å². The Morgan fingerprint density at radius 1 is 1.17 bits per heavy atom. The van der Waals surface area contributed by atoms with Crippen LogP contribution in [0.1, 0.15) is 38.2 Å². The number of carbonyl (C=O) groups excluding carboxylic acids is 1. The zero-order valence-corrected chi connectivity index (χ0v) is 13.8. The van der Waals surface area contributed by atoms with E-state index in [2.05, 4.69) is 17.0 Å². The molecule has 1 amide bonds. The molecular formula is C19H21N3O2. The van der Waals surface area contributed by atoms with Crippen molar-refractivity contribution in [3.63, 3.8) is 0 Å². The van der Waals surface area contributed by atoms with Gasteiger partial charge in [-0.25, -0.2) is 5.01 Å². The molecule has 0 bridgehead atoms. The monoisotopic (exact) mass is 323 g/mol. The molecule has 1 aliphatic rings. The van der Waals surface area contributed by atoms with E-state index < -0.39 is 0 Å². The second-order valence-corrected chi connectivity index (χ2v) is 5.72. The Morgan fingerprint density at radius 3 is 2.71 bits per heavy atom. The maximum absolute atomic E-state index is 12.2. The zero-order valence-electron chi connectivity index (χ0n) is 13.8. The first-order valence-electron chi connectivity index (χ1n) is 8.31. The molecular weight excluding hydrogens is 302 g/mol. The number of unbranched alkanes of at least 4 members (excludes halogenated alkanes) is 2. The van der Waals surface area contributed by atoms with Crippen LogP contribution in [-0.4, -0.2) is 23.2 Å². The van der Waals surface area contributed by atoms with Crippen LogP contribution in [0.2, 0.25) is 0 Å². The Kier molecular flexibility index (Phi) is 5.21. The summed E-state index contributed by atoms with van der Waals surface area (Å²) in [4.78, 5) is 16.3. The van der Waals surface area contributed by atoms with Crippen LogP contribution in [0.5, 0.6) is 5.75 Å². The van der Waals surface area contributed by atoms with E-state index in [0.717, 1.165) is 35.7 Å². The summed E-state index contributed by atoms with van der Waals surface area (Å²) in [5, 5.41) is 5.89. The molecule has 124 valence electrons. The first-order valence-corrected chi connectivity index (χ1v) is 8.31. The fraction of sp³-hybridized carbons (Fsp3) is 0.316. The van der Waals surface area contributed by atoms with Crippen molar-refractivity contribution in [1.29, 1.82) is 0 Å². The molecule has 1 aromatic heterocycles. The zero-order chi connectivity index (χ0) is 16.8. The van der Waals surface area contributed by atoms with Crippen LogP contribution in [0, 0.1) is 0 Å². The maximum Gasteiger partial charge on any atom is 0.253 e. The minimum Gasteiger partial charge on any atom is -0.494 e. The molecule has 0 fully saturated rings.